The van der Waals surface area contributed by atoms with Gasteiger partial charge in [-0.25, -0.2) is 8.78 Å². The fourth-order valence-electron chi connectivity index (χ4n) is 1.57. The van der Waals surface area contributed by atoms with E-state index in [4.69, 9.17) is 4.74 Å². The predicted octanol–water partition coefficient (Wildman–Crippen LogP) is 3.27. The van der Waals surface area contributed by atoms with Gasteiger partial charge in [0.05, 0.1) is 5.56 Å². The molecule has 1 rings (SSSR count). The molecule has 0 atom stereocenters. The first-order chi connectivity index (χ1) is 7.81. The zero-order valence-electron chi connectivity index (χ0n) is 10.4. The summed E-state index contributed by atoms with van der Waals surface area (Å²) in [5, 5.41) is 0. The molecule has 94 valence electrons. The van der Waals surface area contributed by atoms with Crippen molar-refractivity contribution in [1.29, 1.82) is 0 Å². The Balaban J connectivity index is 3.18. The first kappa shape index (κ1) is 13.8. The standard InChI is InChI=1S/C13H16F2O2/c1-5-17-13(3,4)12(16)9-7-6-8(2)10(14)11(9)15/h6-7H,5H2,1-4H3. The molecule has 0 fully saturated rings. The van der Waals surface area contributed by atoms with E-state index in [1.165, 1.54) is 32.9 Å². The molecule has 0 spiro atoms. The van der Waals surface area contributed by atoms with Crippen molar-refractivity contribution in [3.05, 3.63) is 34.9 Å². The topological polar surface area (TPSA) is 26.3 Å². The lowest BCUT2D eigenvalue weighted by Crippen LogP contribution is -2.35. The normalized spacial score (nSPS) is 11.6. The molecule has 0 aliphatic heterocycles. The van der Waals surface area contributed by atoms with Crippen LogP contribution >= 0.6 is 0 Å². The summed E-state index contributed by atoms with van der Waals surface area (Å²) in [7, 11) is 0. The molecule has 1 aromatic carbocycles. The molecular weight excluding hydrogens is 226 g/mol. The van der Waals surface area contributed by atoms with Crippen LogP contribution in [0.15, 0.2) is 12.1 Å². The molecule has 0 aromatic heterocycles. The van der Waals surface area contributed by atoms with Crippen LogP contribution in [-0.4, -0.2) is 18.0 Å². The zero-order valence-corrected chi connectivity index (χ0v) is 10.4. The van der Waals surface area contributed by atoms with Gasteiger partial charge >= 0.3 is 0 Å². The van der Waals surface area contributed by atoms with Gasteiger partial charge in [0.1, 0.15) is 5.60 Å². The fraction of sp³-hybridized carbons (Fsp3) is 0.462. The Labute approximate surface area is 99.6 Å². The van der Waals surface area contributed by atoms with Crippen LogP contribution in [0, 0.1) is 18.6 Å². The third-order valence-electron chi connectivity index (χ3n) is 2.57. The molecule has 0 saturated heterocycles. The molecule has 0 saturated carbocycles. The van der Waals surface area contributed by atoms with Gasteiger partial charge in [0.2, 0.25) is 0 Å². The van der Waals surface area contributed by atoms with Crippen molar-refractivity contribution >= 4 is 5.78 Å². The maximum atomic E-state index is 13.6. The van der Waals surface area contributed by atoms with E-state index in [1.54, 1.807) is 6.92 Å². The SMILES string of the molecule is CCOC(C)(C)C(=O)c1ccc(C)c(F)c1F. The molecule has 0 heterocycles. The Morgan fingerprint density at radius 3 is 2.41 bits per heavy atom. The largest absolute Gasteiger partial charge is 0.368 e. The summed E-state index contributed by atoms with van der Waals surface area (Å²) in [6.07, 6.45) is 0. The summed E-state index contributed by atoms with van der Waals surface area (Å²) in [6, 6.07) is 2.67. The summed E-state index contributed by atoms with van der Waals surface area (Å²) < 4.78 is 32.2. The molecule has 0 aliphatic carbocycles. The summed E-state index contributed by atoms with van der Waals surface area (Å²) in [4.78, 5) is 12.0. The fourth-order valence-corrected chi connectivity index (χ4v) is 1.57. The van der Waals surface area contributed by atoms with Crippen molar-refractivity contribution in [3.63, 3.8) is 0 Å². The second-order valence-electron chi connectivity index (χ2n) is 4.33. The number of hydrogen-bond donors (Lipinski definition) is 0. The quantitative estimate of drug-likeness (QED) is 0.757. The van der Waals surface area contributed by atoms with Crippen LogP contribution in [0.5, 0.6) is 0 Å². The van der Waals surface area contributed by atoms with Crippen molar-refractivity contribution in [2.45, 2.75) is 33.3 Å². The van der Waals surface area contributed by atoms with Crippen LogP contribution in [0.1, 0.15) is 36.7 Å². The molecule has 0 aliphatic rings. The minimum Gasteiger partial charge on any atom is -0.368 e. The smallest absolute Gasteiger partial charge is 0.197 e. The average molecular weight is 242 g/mol. The van der Waals surface area contributed by atoms with E-state index >= 15 is 0 Å². The molecule has 0 amide bonds. The molecule has 0 bridgehead atoms. The lowest BCUT2D eigenvalue weighted by atomic mass is 9.95. The predicted molar refractivity (Wildman–Crippen MR) is 61.1 cm³/mol. The molecule has 2 nitrogen and oxygen atoms in total. The van der Waals surface area contributed by atoms with Crippen molar-refractivity contribution in [1.82, 2.24) is 0 Å². The highest BCUT2D eigenvalue weighted by Gasteiger charge is 2.32. The number of rotatable bonds is 4. The van der Waals surface area contributed by atoms with E-state index < -0.39 is 23.0 Å². The van der Waals surface area contributed by atoms with Gasteiger partial charge in [0, 0.05) is 6.61 Å². The third kappa shape index (κ3) is 2.69. The first-order valence-electron chi connectivity index (χ1n) is 5.44. The van der Waals surface area contributed by atoms with Crippen LogP contribution in [0.4, 0.5) is 8.78 Å². The Kier molecular flexibility index (Phi) is 3.98. The van der Waals surface area contributed by atoms with E-state index in [2.05, 4.69) is 0 Å². The van der Waals surface area contributed by atoms with Crippen LogP contribution < -0.4 is 0 Å². The van der Waals surface area contributed by atoms with Gasteiger partial charge in [-0.1, -0.05) is 6.07 Å². The number of Topliss-reactive ketones (excluding diaryl/α,β-unsaturated/α-hetero) is 1. The van der Waals surface area contributed by atoms with Crippen molar-refractivity contribution in [2.24, 2.45) is 0 Å². The lowest BCUT2D eigenvalue weighted by molar-refractivity contribution is 0.000898. The second kappa shape index (κ2) is 4.92. The number of ketones is 1. The zero-order chi connectivity index (χ0) is 13.2. The monoisotopic (exact) mass is 242 g/mol. The summed E-state index contributed by atoms with van der Waals surface area (Å²) in [5.41, 5.74) is -1.25. The van der Waals surface area contributed by atoms with E-state index in [0.717, 1.165) is 0 Å². The number of carbonyl (C=O) groups is 1. The number of aryl methyl sites for hydroxylation is 1. The van der Waals surface area contributed by atoms with E-state index in [1.807, 2.05) is 0 Å². The Morgan fingerprint density at radius 2 is 1.88 bits per heavy atom. The molecular formula is C13H16F2O2. The molecule has 1 aromatic rings. The minimum absolute atomic E-state index is 0.174. The van der Waals surface area contributed by atoms with Gasteiger partial charge < -0.3 is 4.74 Å². The maximum Gasteiger partial charge on any atom is 0.197 e. The first-order valence-corrected chi connectivity index (χ1v) is 5.44. The Morgan fingerprint density at radius 1 is 1.29 bits per heavy atom. The number of carbonyl (C=O) groups excluding carboxylic acids is 1. The van der Waals surface area contributed by atoms with Gasteiger partial charge in [-0.15, -0.1) is 0 Å². The number of benzene rings is 1. The average Bonchev–Trinajstić information content (AvgIpc) is 2.25. The minimum atomic E-state index is -1.16. The molecule has 0 unspecified atom stereocenters. The van der Waals surface area contributed by atoms with Gasteiger partial charge in [-0.3, -0.25) is 4.79 Å². The van der Waals surface area contributed by atoms with E-state index in [-0.39, 0.29) is 11.1 Å². The van der Waals surface area contributed by atoms with Gasteiger partial charge in [-0.05, 0) is 39.3 Å². The second-order valence-corrected chi connectivity index (χ2v) is 4.33. The Hall–Kier alpha value is -1.29. The number of halogens is 2. The van der Waals surface area contributed by atoms with Gasteiger partial charge in [-0.2, -0.15) is 0 Å². The van der Waals surface area contributed by atoms with Gasteiger partial charge in [0.25, 0.3) is 0 Å². The molecule has 0 radical (unpaired) electrons. The lowest BCUT2D eigenvalue weighted by Gasteiger charge is -2.23. The van der Waals surface area contributed by atoms with Crippen molar-refractivity contribution < 1.29 is 18.3 Å². The van der Waals surface area contributed by atoms with Gasteiger partial charge in [0.15, 0.2) is 17.4 Å². The van der Waals surface area contributed by atoms with Crippen LogP contribution in [0.25, 0.3) is 0 Å². The van der Waals surface area contributed by atoms with Crippen molar-refractivity contribution in [3.8, 4) is 0 Å². The highest BCUT2D eigenvalue weighted by Crippen LogP contribution is 2.22. The highest BCUT2D eigenvalue weighted by atomic mass is 19.2. The van der Waals surface area contributed by atoms with Crippen LogP contribution in [-0.2, 0) is 4.74 Å². The molecule has 4 heteroatoms. The summed E-state index contributed by atoms with van der Waals surface area (Å²) in [6.45, 7) is 6.59. The maximum absolute atomic E-state index is 13.6. The summed E-state index contributed by atoms with van der Waals surface area (Å²) in [5.74, 6) is -2.65. The van der Waals surface area contributed by atoms with Crippen LogP contribution in [0.3, 0.4) is 0 Å². The molecule has 17 heavy (non-hydrogen) atoms. The number of ether oxygens (including phenoxy) is 1. The van der Waals surface area contributed by atoms with Crippen LogP contribution in [0.2, 0.25) is 0 Å². The third-order valence-corrected chi connectivity index (χ3v) is 2.57. The van der Waals surface area contributed by atoms with Crippen molar-refractivity contribution in [2.75, 3.05) is 6.61 Å². The Bertz CT molecular complexity index is 439. The van der Waals surface area contributed by atoms with E-state index in [0.29, 0.717) is 6.61 Å². The summed E-state index contributed by atoms with van der Waals surface area (Å²) >= 11 is 0. The van der Waals surface area contributed by atoms with E-state index in [9.17, 15) is 13.6 Å². The highest BCUT2D eigenvalue weighted by molar-refractivity contribution is 6.02. The number of hydrogen-bond acceptors (Lipinski definition) is 2. The molecule has 0 N–H and O–H groups in total.